The maximum absolute atomic E-state index is 10.6. The van der Waals surface area contributed by atoms with E-state index in [4.69, 9.17) is 4.74 Å². The molecule has 1 rings (SSSR count). The summed E-state index contributed by atoms with van der Waals surface area (Å²) in [6, 6.07) is 0. The van der Waals surface area contributed by atoms with E-state index in [-0.39, 0.29) is 0 Å². The molecule has 0 aliphatic carbocycles. The summed E-state index contributed by atoms with van der Waals surface area (Å²) in [6.07, 6.45) is 0.213. The van der Waals surface area contributed by atoms with Crippen LogP contribution in [0.25, 0.3) is 0 Å². The lowest BCUT2D eigenvalue weighted by atomic mass is 9.94. The van der Waals surface area contributed by atoms with Crippen LogP contribution in [-0.2, 0) is 23.5 Å². The second kappa shape index (κ2) is 4.14. The van der Waals surface area contributed by atoms with Crippen LogP contribution in [0.5, 0.6) is 0 Å². The Morgan fingerprint density at radius 1 is 1.36 bits per heavy atom. The van der Waals surface area contributed by atoms with Crippen LogP contribution in [0, 0.1) is 5.41 Å². The van der Waals surface area contributed by atoms with Gasteiger partial charge in [-0.2, -0.15) is 8.42 Å². The van der Waals surface area contributed by atoms with Crippen molar-refractivity contribution < 1.29 is 21.5 Å². The van der Waals surface area contributed by atoms with E-state index in [2.05, 4.69) is 8.37 Å². The molecule has 1 heterocycles. The predicted molar refractivity (Wildman–Crippen MR) is 49.8 cm³/mol. The average molecular weight is 224 g/mol. The van der Waals surface area contributed by atoms with Crippen molar-refractivity contribution in [3.8, 4) is 0 Å². The molecular weight excluding hydrogens is 208 g/mol. The van der Waals surface area contributed by atoms with Gasteiger partial charge in [0, 0.05) is 12.0 Å². The molecule has 6 heteroatoms. The van der Waals surface area contributed by atoms with Crippen LogP contribution in [0.4, 0.5) is 0 Å². The quantitative estimate of drug-likeness (QED) is 0.653. The zero-order valence-electron chi connectivity index (χ0n) is 8.65. The minimum Gasteiger partial charge on any atom is -0.381 e. The van der Waals surface area contributed by atoms with Gasteiger partial charge in [0.25, 0.3) is 0 Å². The van der Waals surface area contributed by atoms with Crippen LogP contribution >= 0.6 is 0 Å². The molecule has 0 spiro atoms. The van der Waals surface area contributed by atoms with Gasteiger partial charge in [0.1, 0.15) is 0 Å². The summed E-state index contributed by atoms with van der Waals surface area (Å²) in [5.41, 5.74) is -0.444. The molecule has 14 heavy (non-hydrogen) atoms. The SMILES string of the molecule is CCCOCC(C)(C)C1OS(=O)(=O)O1. The molecule has 0 aromatic heterocycles. The van der Waals surface area contributed by atoms with Crippen molar-refractivity contribution in [3.05, 3.63) is 0 Å². The number of hydrogen-bond acceptors (Lipinski definition) is 5. The third kappa shape index (κ3) is 2.91. The Labute approximate surface area is 84.7 Å². The minimum absolute atomic E-state index is 0.418. The summed E-state index contributed by atoms with van der Waals surface area (Å²) >= 11 is 0. The van der Waals surface area contributed by atoms with Gasteiger partial charge < -0.3 is 4.74 Å². The first-order chi connectivity index (χ1) is 6.37. The van der Waals surface area contributed by atoms with Crippen LogP contribution < -0.4 is 0 Å². The second-order valence-corrected chi connectivity index (χ2v) is 5.18. The van der Waals surface area contributed by atoms with Gasteiger partial charge in [-0.3, -0.25) is 0 Å². The summed E-state index contributed by atoms with van der Waals surface area (Å²) in [4.78, 5) is 0. The molecule has 0 bridgehead atoms. The van der Waals surface area contributed by atoms with Gasteiger partial charge in [0.05, 0.1) is 6.61 Å². The van der Waals surface area contributed by atoms with Crippen LogP contribution in [0.1, 0.15) is 27.2 Å². The smallest absolute Gasteiger partial charge is 0.381 e. The van der Waals surface area contributed by atoms with Crippen LogP contribution in [0.2, 0.25) is 0 Å². The fourth-order valence-electron chi connectivity index (χ4n) is 1.03. The van der Waals surface area contributed by atoms with Gasteiger partial charge in [-0.15, -0.1) is 0 Å². The van der Waals surface area contributed by atoms with E-state index < -0.39 is 22.1 Å². The van der Waals surface area contributed by atoms with Gasteiger partial charge in [0.2, 0.25) is 6.29 Å². The first-order valence-corrected chi connectivity index (χ1v) is 5.90. The molecule has 1 aliphatic rings. The topological polar surface area (TPSA) is 61.8 Å². The molecule has 0 amide bonds. The first-order valence-electron chi connectivity index (χ1n) is 4.56. The zero-order valence-corrected chi connectivity index (χ0v) is 9.46. The monoisotopic (exact) mass is 224 g/mol. The standard InChI is InChI=1S/C8H16O5S/c1-4-5-11-6-8(2,3)7-12-14(9,10)13-7/h7H,4-6H2,1-3H3. The van der Waals surface area contributed by atoms with E-state index in [1.165, 1.54) is 0 Å². The molecule has 1 saturated heterocycles. The molecule has 0 radical (unpaired) electrons. The largest absolute Gasteiger partial charge is 0.405 e. The summed E-state index contributed by atoms with van der Waals surface area (Å²) in [6.45, 7) is 6.75. The van der Waals surface area contributed by atoms with Gasteiger partial charge in [-0.25, -0.2) is 8.37 Å². The predicted octanol–water partition coefficient (Wildman–Crippen LogP) is 1.06. The van der Waals surface area contributed by atoms with Gasteiger partial charge in [-0.05, 0) is 6.42 Å². The lowest BCUT2D eigenvalue weighted by molar-refractivity contribution is -0.167. The lowest BCUT2D eigenvalue weighted by Gasteiger charge is -2.37. The van der Waals surface area contributed by atoms with E-state index >= 15 is 0 Å². The Balaban J connectivity index is 2.35. The molecule has 0 atom stereocenters. The van der Waals surface area contributed by atoms with Crippen molar-refractivity contribution in [2.75, 3.05) is 13.2 Å². The minimum atomic E-state index is -3.70. The summed E-state index contributed by atoms with van der Waals surface area (Å²) in [5.74, 6) is 0. The number of rotatable bonds is 5. The van der Waals surface area contributed by atoms with E-state index in [1.807, 2.05) is 20.8 Å². The Bertz CT molecular complexity index is 270. The fraction of sp³-hybridized carbons (Fsp3) is 1.00. The third-order valence-electron chi connectivity index (χ3n) is 1.87. The molecule has 1 aliphatic heterocycles. The van der Waals surface area contributed by atoms with Crippen LogP contribution in [0.15, 0.2) is 0 Å². The van der Waals surface area contributed by atoms with E-state index in [0.717, 1.165) is 6.42 Å². The normalized spacial score (nSPS) is 21.9. The van der Waals surface area contributed by atoms with Crippen molar-refractivity contribution >= 4 is 10.4 Å². The molecule has 0 unspecified atom stereocenters. The maximum Gasteiger partial charge on any atom is 0.405 e. The van der Waals surface area contributed by atoms with Crippen LogP contribution in [-0.4, -0.2) is 27.9 Å². The van der Waals surface area contributed by atoms with E-state index in [0.29, 0.717) is 13.2 Å². The second-order valence-electron chi connectivity index (χ2n) is 3.97. The van der Waals surface area contributed by atoms with Crippen molar-refractivity contribution in [3.63, 3.8) is 0 Å². The van der Waals surface area contributed by atoms with E-state index in [1.54, 1.807) is 0 Å². The Kier molecular flexibility index (Phi) is 3.52. The van der Waals surface area contributed by atoms with Crippen molar-refractivity contribution in [2.45, 2.75) is 33.5 Å². The Morgan fingerprint density at radius 3 is 2.36 bits per heavy atom. The molecule has 84 valence electrons. The molecule has 0 N–H and O–H groups in total. The van der Waals surface area contributed by atoms with Gasteiger partial charge >= 0.3 is 10.4 Å². The summed E-state index contributed by atoms with van der Waals surface area (Å²) in [5, 5.41) is 0. The van der Waals surface area contributed by atoms with Gasteiger partial charge in [0.15, 0.2) is 0 Å². The molecule has 5 nitrogen and oxygen atoms in total. The molecule has 0 aromatic rings. The van der Waals surface area contributed by atoms with Gasteiger partial charge in [-0.1, -0.05) is 20.8 Å². The lowest BCUT2D eigenvalue weighted by Crippen LogP contribution is -2.48. The average Bonchev–Trinajstić information content (AvgIpc) is 2.00. The highest BCUT2D eigenvalue weighted by Gasteiger charge is 2.46. The molecule has 0 aromatic carbocycles. The maximum atomic E-state index is 10.6. The zero-order chi connectivity index (χ0) is 10.8. The summed E-state index contributed by atoms with van der Waals surface area (Å²) < 4.78 is 35.7. The summed E-state index contributed by atoms with van der Waals surface area (Å²) in [7, 11) is -3.70. The van der Waals surface area contributed by atoms with Crippen molar-refractivity contribution in [1.29, 1.82) is 0 Å². The third-order valence-corrected chi connectivity index (χ3v) is 2.69. The molecule has 0 saturated carbocycles. The highest BCUT2D eigenvalue weighted by molar-refractivity contribution is 7.82. The Morgan fingerprint density at radius 2 is 1.93 bits per heavy atom. The highest BCUT2D eigenvalue weighted by Crippen LogP contribution is 2.34. The Hall–Kier alpha value is -0.170. The number of hydrogen-bond donors (Lipinski definition) is 0. The van der Waals surface area contributed by atoms with Crippen molar-refractivity contribution in [2.24, 2.45) is 5.41 Å². The highest BCUT2D eigenvalue weighted by atomic mass is 32.3. The van der Waals surface area contributed by atoms with Crippen molar-refractivity contribution in [1.82, 2.24) is 0 Å². The fourth-order valence-corrected chi connectivity index (χ4v) is 1.99. The van der Waals surface area contributed by atoms with Crippen LogP contribution in [0.3, 0.4) is 0 Å². The number of ether oxygens (including phenoxy) is 1. The molecule has 1 fully saturated rings. The first kappa shape index (κ1) is 11.9. The van der Waals surface area contributed by atoms with E-state index in [9.17, 15) is 8.42 Å². The molecular formula is C8H16O5S.